The molecule has 8 heteroatoms. The van der Waals surface area contributed by atoms with Crippen molar-refractivity contribution in [3.8, 4) is 5.75 Å². The Morgan fingerprint density at radius 3 is 3.05 bits per heavy atom. The molecule has 104 valence electrons. The summed E-state index contributed by atoms with van der Waals surface area (Å²) in [7, 11) is 0. The molecule has 1 fully saturated rings. The third kappa shape index (κ3) is 3.82. The summed E-state index contributed by atoms with van der Waals surface area (Å²) in [6, 6.07) is 6.41. The van der Waals surface area contributed by atoms with Gasteiger partial charge in [-0.3, -0.25) is 4.79 Å². The largest absolute Gasteiger partial charge is 0.550 e. The van der Waals surface area contributed by atoms with Gasteiger partial charge < -0.3 is 20.3 Å². The zero-order valence-electron chi connectivity index (χ0n) is 10.1. The number of carbonyl (C=O) groups excluding carboxylic acids is 2. The quantitative estimate of drug-likeness (QED) is 0.571. The molecule has 1 aliphatic rings. The van der Waals surface area contributed by atoms with Gasteiger partial charge in [-0.2, -0.15) is 5.10 Å². The van der Waals surface area contributed by atoms with Crippen molar-refractivity contribution in [1.82, 2.24) is 5.32 Å². The summed E-state index contributed by atoms with van der Waals surface area (Å²) < 4.78 is 0. The van der Waals surface area contributed by atoms with Gasteiger partial charge in [0, 0.05) is 12.4 Å². The van der Waals surface area contributed by atoms with E-state index in [1.807, 2.05) is 0 Å². The molecular weight excluding hydrogens is 282 g/mol. The van der Waals surface area contributed by atoms with Crippen molar-refractivity contribution in [1.29, 1.82) is 0 Å². The van der Waals surface area contributed by atoms with Crippen LogP contribution in [0.1, 0.15) is 12.0 Å². The van der Waals surface area contributed by atoms with E-state index in [1.54, 1.807) is 12.1 Å². The summed E-state index contributed by atoms with van der Waals surface area (Å²) in [5.41, 5.74) is 0.648. The number of phenols is 1. The van der Waals surface area contributed by atoms with Crippen molar-refractivity contribution in [3.05, 3.63) is 29.8 Å². The van der Waals surface area contributed by atoms with Crippen LogP contribution in [0.3, 0.4) is 0 Å². The smallest absolute Gasteiger partial charge is 0.239 e. The zero-order valence-corrected chi connectivity index (χ0v) is 11.0. The molecule has 1 heterocycles. The van der Waals surface area contributed by atoms with E-state index in [0.717, 1.165) is 11.8 Å². The molecule has 1 amide bonds. The first-order valence-corrected chi connectivity index (χ1v) is 6.50. The molecule has 0 spiro atoms. The van der Waals surface area contributed by atoms with Crippen molar-refractivity contribution in [2.75, 3.05) is 0 Å². The molecule has 0 saturated carbocycles. The Bertz CT molecular complexity index is 600. The second-order valence-corrected chi connectivity index (χ2v) is 5.11. The van der Waals surface area contributed by atoms with Gasteiger partial charge in [0.2, 0.25) is 5.91 Å². The van der Waals surface area contributed by atoms with Crippen molar-refractivity contribution in [3.63, 3.8) is 0 Å². The van der Waals surface area contributed by atoms with Crippen LogP contribution in [0.2, 0.25) is 0 Å². The highest BCUT2D eigenvalue weighted by atomic mass is 32.2. The van der Waals surface area contributed by atoms with Crippen LogP contribution >= 0.6 is 11.8 Å². The predicted octanol–water partition coefficient (Wildman–Crippen LogP) is -0.546. The van der Waals surface area contributed by atoms with Gasteiger partial charge in [0.25, 0.3) is 0 Å². The SMILES string of the molecule is O=C([O-])CC1S/C(=N/N=C/c2cccc(O)c2)NC1=O. The fourth-order valence-electron chi connectivity index (χ4n) is 1.49. The molecule has 20 heavy (non-hydrogen) atoms. The van der Waals surface area contributed by atoms with Crippen LogP contribution in [0.25, 0.3) is 0 Å². The number of carboxylic acids is 1. The number of hydrogen-bond acceptors (Lipinski definition) is 7. The maximum atomic E-state index is 11.4. The summed E-state index contributed by atoms with van der Waals surface area (Å²) >= 11 is 0.991. The van der Waals surface area contributed by atoms with Crippen LogP contribution in [-0.2, 0) is 9.59 Å². The van der Waals surface area contributed by atoms with Gasteiger partial charge in [0.05, 0.1) is 11.5 Å². The van der Waals surface area contributed by atoms with Crippen LogP contribution < -0.4 is 10.4 Å². The fourth-order valence-corrected chi connectivity index (χ4v) is 2.40. The number of carbonyl (C=O) groups is 2. The van der Waals surface area contributed by atoms with E-state index in [-0.39, 0.29) is 17.3 Å². The lowest BCUT2D eigenvalue weighted by atomic mass is 10.2. The predicted molar refractivity (Wildman–Crippen MR) is 72.3 cm³/mol. The number of aromatic hydroxyl groups is 1. The first-order valence-electron chi connectivity index (χ1n) is 5.62. The number of rotatable bonds is 4. The average Bonchev–Trinajstić information content (AvgIpc) is 2.69. The minimum absolute atomic E-state index is 0.110. The third-order valence-electron chi connectivity index (χ3n) is 2.35. The normalized spacial score (nSPS) is 20.5. The molecule has 1 aromatic rings. The van der Waals surface area contributed by atoms with Crippen molar-refractivity contribution < 1.29 is 19.8 Å². The minimum Gasteiger partial charge on any atom is -0.550 e. The highest BCUT2D eigenvalue weighted by Gasteiger charge is 2.30. The number of hydrogen-bond donors (Lipinski definition) is 2. The topological polar surface area (TPSA) is 114 Å². The molecule has 2 N–H and O–H groups in total. The highest BCUT2D eigenvalue weighted by molar-refractivity contribution is 8.15. The van der Waals surface area contributed by atoms with Crippen LogP contribution in [-0.4, -0.2) is 33.6 Å². The zero-order chi connectivity index (χ0) is 14.5. The molecule has 2 rings (SSSR count). The molecule has 7 nitrogen and oxygen atoms in total. The van der Waals surface area contributed by atoms with Gasteiger partial charge in [-0.25, -0.2) is 0 Å². The molecule has 1 aliphatic heterocycles. The average molecular weight is 292 g/mol. The monoisotopic (exact) mass is 292 g/mol. The number of amides is 1. The lowest BCUT2D eigenvalue weighted by Gasteiger charge is -2.04. The molecule has 0 aliphatic carbocycles. The van der Waals surface area contributed by atoms with E-state index in [9.17, 15) is 19.8 Å². The summed E-state index contributed by atoms with van der Waals surface area (Å²) in [6.45, 7) is 0. The van der Waals surface area contributed by atoms with E-state index < -0.39 is 17.1 Å². The Morgan fingerprint density at radius 2 is 2.35 bits per heavy atom. The number of carboxylic acid groups (broad SMARTS) is 1. The molecular formula is C12H10N3O4S-. The van der Waals surface area contributed by atoms with E-state index in [2.05, 4.69) is 15.5 Å². The van der Waals surface area contributed by atoms with Gasteiger partial charge in [0.15, 0.2) is 5.17 Å². The number of amidine groups is 1. The number of thioether (sulfide) groups is 1. The van der Waals surface area contributed by atoms with Gasteiger partial charge in [-0.15, -0.1) is 5.10 Å². The maximum Gasteiger partial charge on any atom is 0.239 e. The molecule has 1 unspecified atom stereocenters. The summed E-state index contributed by atoms with van der Waals surface area (Å²) in [5.74, 6) is -1.60. The molecule has 0 radical (unpaired) electrons. The van der Waals surface area contributed by atoms with E-state index in [1.165, 1.54) is 18.3 Å². The fraction of sp³-hybridized carbons (Fsp3) is 0.167. The number of nitrogens with zero attached hydrogens (tertiary/aromatic N) is 2. The number of benzene rings is 1. The van der Waals surface area contributed by atoms with Crippen LogP contribution in [0.4, 0.5) is 0 Å². The van der Waals surface area contributed by atoms with Crippen molar-refractivity contribution in [2.24, 2.45) is 10.2 Å². The van der Waals surface area contributed by atoms with Crippen LogP contribution in [0.5, 0.6) is 5.75 Å². The van der Waals surface area contributed by atoms with Crippen molar-refractivity contribution in [2.45, 2.75) is 11.7 Å². The number of phenolic OH excluding ortho intramolecular Hbond substituents is 1. The van der Waals surface area contributed by atoms with E-state index in [0.29, 0.717) is 5.56 Å². The second-order valence-electron chi connectivity index (χ2n) is 3.92. The van der Waals surface area contributed by atoms with Crippen LogP contribution in [0.15, 0.2) is 34.5 Å². The summed E-state index contributed by atoms with van der Waals surface area (Å²) in [6.07, 6.45) is 1.04. The molecule has 1 aromatic carbocycles. The Kier molecular flexibility index (Phi) is 4.36. The first kappa shape index (κ1) is 14.1. The van der Waals surface area contributed by atoms with Crippen molar-refractivity contribution >= 4 is 35.0 Å². The number of nitrogens with one attached hydrogen (secondary N) is 1. The lowest BCUT2D eigenvalue weighted by Crippen LogP contribution is -2.31. The Hall–Kier alpha value is -2.35. The van der Waals surface area contributed by atoms with Gasteiger partial charge in [-0.1, -0.05) is 23.9 Å². The van der Waals surface area contributed by atoms with Gasteiger partial charge >= 0.3 is 0 Å². The van der Waals surface area contributed by atoms with E-state index in [4.69, 9.17) is 0 Å². The molecule has 0 aromatic heterocycles. The van der Waals surface area contributed by atoms with E-state index >= 15 is 0 Å². The first-order chi connectivity index (χ1) is 9.54. The summed E-state index contributed by atoms with van der Waals surface area (Å²) in [4.78, 5) is 21.9. The Labute approximate surface area is 118 Å². The minimum atomic E-state index is -1.29. The van der Waals surface area contributed by atoms with Crippen LogP contribution in [0, 0.1) is 0 Å². The Morgan fingerprint density at radius 1 is 1.55 bits per heavy atom. The molecule has 1 atom stereocenters. The third-order valence-corrected chi connectivity index (χ3v) is 3.43. The highest BCUT2D eigenvalue weighted by Crippen LogP contribution is 2.21. The van der Waals surface area contributed by atoms with Gasteiger partial charge in [-0.05, 0) is 17.7 Å². The Balaban J connectivity index is 1.99. The number of aliphatic carboxylic acids is 1. The lowest BCUT2D eigenvalue weighted by molar-refractivity contribution is -0.305. The molecule has 0 bridgehead atoms. The standard InChI is InChI=1S/C12H11N3O4S/c16-8-3-1-2-7(4-8)6-13-15-12-14-11(19)9(20-12)5-10(17)18/h1-4,6,9,16H,5H2,(H,17,18)(H,14,15,19)/p-1/b13-6+. The van der Waals surface area contributed by atoms with Gasteiger partial charge in [0.1, 0.15) is 5.75 Å². The maximum absolute atomic E-state index is 11.4. The summed E-state index contributed by atoms with van der Waals surface area (Å²) in [5, 5.41) is 29.2. The second kappa shape index (κ2) is 6.20. The molecule has 1 saturated heterocycles.